The Balaban J connectivity index is 2.15. The molecule has 2 rings (SSSR count). The summed E-state index contributed by atoms with van der Waals surface area (Å²) in [5, 5.41) is 2.90. The smallest absolute Gasteiger partial charge is 0.262 e. The van der Waals surface area contributed by atoms with E-state index in [1.807, 2.05) is 0 Å². The number of rotatable bonds is 6. The fourth-order valence-electron chi connectivity index (χ4n) is 2.47. The molecule has 25 heavy (non-hydrogen) atoms. The van der Waals surface area contributed by atoms with Crippen molar-refractivity contribution >= 4 is 46.8 Å². The lowest BCUT2D eigenvalue weighted by atomic mass is 10.1. The minimum absolute atomic E-state index is 0.110. The highest BCUT2D eigenvalue weighted by atomic mass is 35.5. The number of likely N-dealkylation sites (N-methyl/N-ethyl adjacent to an activating group) is 2. The van der Waals surface area contributed by atoms with E-state index in [-0.39, 0.29) is 40.2 Å². The number of nitrogens with zero attached hydrogens (tertiary/aromatic N) is 2. The standard InChI is InChI=1S/C16H17Cl2N3O4/c1-3-19-13(22)7-20(4-2)14(23)8-21-15(24)9-5-11(17)12(18)6-10(9)16(21)25/h5-6H,3-4,7-8H2,1-2H3,(H,19,22). The summed E-state index contributed by atoms with van der Waals surface area (Å²) in [6.45, 7) is 3.62. The summed E-state index contributed by atoms with van der Waals surface area (Å²) in [7, 11) is 0. The summed E-state index contributed by atoms with van der Waals surface area (Å²) in [6.07, 6.45) is 0. The summed E-state index contributed by atoms with van der Waals surface area (Å²) < 4.78 is 0. The van der Waals surface area contributed by atoms with Gasteiger partial charge in [-0.2, -0.15) is 0 Å². The molecule has 1 aromatic carbocycles. The molecule has 7 nitrogen and oxygen atoms in total. The lowest BCUT2D eigenvalue weighted by Crippen LogP contribution is -2.46. The van der Waals surface area contributed by atoms with Crippen molar-refractivity contribution < 1.29 is 19.2 Å². The third-order valence-electron chi connectivity index (χ3n) is 3.75. The molecule has 0 bridgehead atoms. The average Bonchev–Trinajstić information content (AvgIpc) is 2.78. The van der Waals surface area contributed by atoms with Gasteiger partial charge in [0.15, 0.2) is 0 Å². The fourth-order valence-corrected chi connectivity index (χ4v) is 2.79. The molecule has 0 atom stereocenters. The Morgan fingerprint density at radius 3 is 2.04 bits per heavy atom. The topological polar surface area (TPSA) is 86.8 Å². The summed E-state index contributed by atoms with van der Waals surface area (Å²) >= 11 is 11.8. The largest absolute Gasteiger partial charge is 0.355 e. The molecular formula is C16H17Cl2N3O4. The van der Waals surface area contributed by atoms with Gasteiger partial charge in [-0.3, -0.25) is 24.1 Å². The second-order valence-electron chi connectivity index (χ2n) is 5.37. The van der Waals surface area contributed by atoms with Crippen LogP contribution in [0.2, 0.25) is 10.0 Å². The van der Waals surface area contributed by atoms with Crippen molar-refractivity contribution in [3.05, 3.63) is 33.3 Å². The summed E-state index contributed by atoms with van der Waals surface area (Å²) in [4.78, 5) is 50.9. The first-order valence-corrected chi connectivity index (χ1v) is 8.45. The van der Waals surface area contributed by atoms with Crippen molar-refractivity contribution in [1.29, 1.82) is 0 Å². The van der Waals surface area contributed by atoms with Crippen molar-refractivity contribution in [2.75, 3.05) is 26.2 Å². The van der Waals surface area contributed by atoms with Crippen LogP contribution in [0.25, 0.3) is 0 Å². The Bertz CT molecular complexity index is 710. The summed E-state index contributed by atoms with van der Waals surface area (Å²) in [5.74, 6) is -2.03. The maximum absolute atomic E-state index is 12.4. The number of benzene rings is 1. The van der Waals surface area contributed by atoms with E-state index in [0.29, 0.717) is 6.54 Å². The first kappa shape index (κ1) is 19.2. The molecule has 9 heteroatoms. The van der Waals surface area contributed by atoms with Gasteiger partial charge in [0.05, 0.1) is 27.7 Å². The van der Waals surface area contributed by atoms with Crippen LogP contribution in [-0.2, 0) is 9.59 Å². The van der Waals surface area contributed by atoms with Gasteiger partial charge in [-0.25, -0.2) is 0 Å². The lowest BCUT2D eigenvalue weighted by Gasteiger charge is -2.22. The molecule has 134 valence electrons. The van der Waals surface area contributed by atoms with Gasteiger partial charge in [0, 0.05) is 13.1 Å². The Kier molecular flexibility index (Phi) is 6.02. The lowest BCUT2D eigenvalue weighted by molar-refractivity contribution is -0.136. The molecule has 0 saturated carbocycles. The van der Waals surface area contributed by atoms with Gasteiger partial charge in [-0.1, -0.05) is 23.2 Å². The zero-order chi connectivity index (χ0) is 18.7. The highest BCUT2D eigenvalue weighted by Crippen LogP contribution is 2.31. The molecule has 1 N–H and O–H groups in total. The van der Waals surface area contributed by atoms with Gasteiger partial charge < -0.3 is 10.2 Å². The van der Waals surface area contributed by atoms with Gasteiger partial charge in [-0.15, -0.1) is 0 Å². The minimum Gasteiger partial charge on any atom is -0.355 e. The van der Waals surface area contributed by atoms with Crippen LogP contribution < -0.4 is 5.32 Å². The molecule has 1 aliphatic heterocycles. The second-order valence-corrected chi connectivity index (χ2v) is 6.18. The molecule has 1 aliphatic rings. The molecule has 0 aliphatic carbocycles. The second kappa shape index (κ2) is 7.84. The van der Waals surface area contributed by atoms with Crippen LogP contribution in [0.5, 0.6) is 0 Å². The van der Waals surface area contributed by atoms with Crippen molar-refractivity contribution in [2.45, 2.75) is 13.8 Å². The Morgan fingerprint density at radius 1 is 1.08 bits per heavy atom. The summed E-state index contributed by atoms with van der Waals surface area (Å²) in [6, 6.07) is 2.63. The number of halogens is 2. The zero-order valence-electron chi connectivity index (χ0n) is 13.8. The molecule has 0 radical (unpaired) electrons. The van der Waals surface area contributed by atoms with E-state index in [4.69, 9.17) is 23.2 Å². The number of nitrogens with one attached hydrogen (secondary N) is 1. The number of hydrogen-bond acceptors (Lipinski definition) is 4. The molecule has 0 saturated heterocycles. The fraction of sp³-hybridized carbons (Fsp3) is 0.375. The van der Waals surface area contributed by atoms with Crippen molar-refractivity contribution in [3.8, 4) is 0 Å². The monoisotopic (exact) mass is 385 g/mol. The number of amides is 4. The van der Waals surface area contributed by atoms with E-state index in [1.165, 1.54) is 17.0 Å². The number of hydrogen-bond donors (Lipinski definition) is 1. The van der Waals surface area contributed by atoms with Crippen LogP contribution in [0.4, 0.5) is 0 Å². The third kappa shape index (κ3) is 3.93. The highest BCUT2D eigenvalue weighted by molar-refractivity contribution is 6.43. The van der Waals surface area contributed by atoms with Gasteiger partial charge in [0.2, 0.25) is 11.8 Å². The molecular weight excluding hydrogens is 369 g/mol. The quantitative estimate of drug-likeness (QED) is 0.752. The number of carbonyl (C=O) groups is 4. The maximum Gasteiger partial charge on any atom is 0.262 e. The van der Waals surface area contributed by atoms with Crippen molar-refractivity contribution in [1.82, 2.24) is 15.1 Å². The predicted octanol–water partition coefficient (Wildman–Crippen LogP) is 1.57. The Hall–Kier alpha value is -2.12. The van der Waals surface area contributed by atoms with E-state index in [9.17, 15) is 19.2 Å². The van der Waals surface area contributed by atoms with Gasteiger partial charge in [0.1, 0.15) is 6.54 Å². The SMILES string of the molecule is CCNC(=O)CN(CC)C(=O)CN1C(=O)c2cc(Cl)c(Cl)cc2C1=O. The van der Waals surface area contributed by atoms with Crippen LogP contribution in [0.3, 0.4) is 0 Å². The van der Waals surface area contributed by atoms with Crippen molar-refractivity contribution in [2.24, 2.45) is 0 Å². The van der Waals surface area contributed by atoms with E-state index in [0.717, 1.165) is 4.90 Å². The third-order valence-corrected chi connectivity index (χ3v) is 4.47. The molecule has 1 aromatic rings. The number of imide groups is 1. The number of carbonyl (C=O) groups excluding carboxylic acids is 4. The van der Waals surface area contributed by atoms with Crippen LogP contribution in [-0.4, -0.2) is 59.6 Å². The predicted molar refractivity (Wildman–Crippen MR) is 92.8 cm³/mol. The average molecular weight is 386 g/mol. The molecule has 0 spiro atoms. The summed E-state index contributed by atoms with van der Waals surface area (Å²) in [5.41, 5.74) is 0.220. The Labute approximate surface area is 154 Å². The molecule has 0 fully saturated rings. The van der Waals surface area contributed by atoms with Crippen LogP contribution in [0.15, 0.2) is 12.1 Å². The van der Waals surface area contributed by atoms with E-state index in [2.05, 4.69) is 5.32 Å². The zero-order valence-corrected chi connectivity index (χ0v) is 15.3. The van der Waals surface area contributed by atoms with E-state index < -0.39 is 24.3 Å². The van der Waals surface area contributed by atoms with Crippen LogP contribution in [0, 0.1) is 0 Å². The first-order valence-electron chi connectivity index (χ1n) is 7.69. The Morgan fingerprint density at radius 2 is 1.60 bits per heavy atom. The van der Waals surface area contributed by atoms with Gasteiger partial charge in [-0.05, 0) is 26.0 Å². The van der Waals surface area contributed by atoms with E-state index in [1.54, 1.807) is 13.8 Å². The normalized spacial score (nSPS) is 13.0. The first-order chi connectivity index (χ1) is 11.8. The minimum atomic E-state index is -0.610. The van der Waals surface area contributed by atoms with Crippen molar-refractivity contribution in [3.63, 3.8) is 0 Å². The van der Waals surface area contributed by atoms with Crippen LogP contribution in [0.1, 0.15) is 34.6 Å². The highest BCUT2D eigenvalue weighted by Gasteiger charge is 2.38. The van der Waals surface area contributed by atoms with E-state index >= 15 is 0 Å². The molecule has 0 aromatic heterocycles. The molecule has 1 heterocycles. The maximum atomic E-state index is 12.4. The van der Waals surface area contributed by atoms with Gasteiger partial charge in [0.25, 0.3) is 11.8 Å². The molecule has 0 unspecified atom stereocenters. The molecule has 4 amide bonds. The van der Waals surface area contributed by atoms with Crippen LogP contribution >= 0.6 is 23.2 Å². The number of fused-ring (bicyclic) bond motifs is 1. The van der Waals surface area contributed by atoms with Gasteiger partial charge >= 0.3 is 0 Å².